The maximum absolute atomic E-state index is 12.0. The number of nitrogen functional groups attached to an aromatic ring is 1. The second-order valence-corrected chi connectivity index (χ2v) is 4.57. The van der Waals surface area contributed by atoms with Gasteiger partial charge in [0.15, 0.2) is 0 Å². The van der Waals surface area contributed by atoms with Gasteiger partial charge in [-0.15, -0.1) is 0 Å². The zero-order valence-corrected chi connectivity index (χ0v) is 11.2. The summed E-state index contributed by atoms with van der Waals surface area (Å²) in [7, 11) is 0. The third-order valence-electron chi connectivity index (χ3n) is 3.05. The van der Waals surface area contributed by atoms with E-state index in [0.717, 1.165) is 11.1 Å². The molecule has 0 fully saturated rings. The molecule has 1 amide bonds. The van der Waals surface area contributed by atoms with Crippen molar-refractivity contribution in [1.82, 2.24) is 0 Å². The van der Waals surface area contributed by atoms with Crippen LogP contribution in [-0.4, -0.2) is 5.91 Å². The molecule has 4 heteroatoms. The molecule has 0 heterocycles. The average molecular weight is 265 g/mol. The van der Waals surface area contributed by atoms with Gasteiger partial charge >= 0.3 is 0 Å². The van der Waals surface area contributed by atoms with Crippen molar-refractivity contribution in [3.8, 4) is 6.07 Å². The number of nitrogens with one attached hydrogen (secondary N) is 1. The van der Waals surface area contributed by atoms with Gasteiger partial charge < -0.3 is 11.1 Å². The van der Waals surface area contributed by atoms with Crippen LogP contribution in [0.4, 0.5) is 11.4 Å². The van der Waals surface area contributed by atoms with Gasteiger partial charge in [-0.1, -0.05) is 24.3 Å². The molecule has 0 spiro atoms. The minimum absolute atomic E-state index is 0.152. The maximum Gasteiger partial charge on any atom is 0.228 e. The standard InChI is InChI=1S/C16H15N3O/c1-11-4-2-3-5-12(11)9-16(20)19-15-7-6-14(18)8-13(15)10-17/h2-8H,9,18H2,1H3,(H,19,20). The van der Waals surface area contributed by atoms with Crippen LogP contribution in [0.1, 0.15) is 16.7 Å². The summed E-state index contributed by atoms with van der Waals surface area (Å²) in [5.41, 5.74) is 9.00. The van der Waals surface area contributed by atoms with E-state index in [1.54, 1.807) is 18.2 Å². The molecule has 100 valence electrons. The first kappa shape index (κ1) is 13.6. The predicted molar refractivity (Wildman–Crippen MR) is 79.1 cm³/mol. The second kappa shape index (κ2) is 5.89. The number of hydrogen-bond donors (Lipinski definition) is 2. The average Bonchev–Trinajstić information content (AvgIpc) is 2.43. The lowest BCUT2D eigenvalue weighted by Gasteiger charge is -2.09. The summed E-state index contributed by atoms with van der Waals surface area (Å²) in [5.74, 6) is -0.152. The maximum atomic E-state index is 12.0. The summed E-state index contributed by atoms with van der Waals surface area (Å²) < 4.78 is 0. The first-order chi connectivity index (χ1) is 9.60. The highest BCUT2D eigenvalue weighted by Crippen LogP contribution is 2.18. The fraction of sp³-hybridized carbons (Fsp3) is 0.125. The highest BCUT2D eigenvalue weighted by Gasteiger charge is 2.09. The number of carbonyl (C=O) groups excluding carboxylic acids is 1. The summed E-state index contributed by atoms with van der Waals surface area (Å²) in [4.78, 5) is 12.0. The Kier molecular flexibility index (Phi) is 4.02. The van der Waals surface area contributed by atoms with Gasteiger partial charge in [-0.25, -0.2) is 0 Å². The van der Waals surface area contributed by atoms with Crippen molar-refractivity contribution in [2.75, 3.05) is 11.1 Å². The molecule has 0 atom stereocenters. The van der Waals surface area contributed by atoms with E-state index in [2.05, 4.69) is 5.32 Å². The third kappa shape index (κ3) is 3.15. The molecule has 2 rings (SSSR count). The number of nitrogens with zero attached hydrogens (tertiary/aromatic N) is 1. The first-order valence-electron chi connectivity index (χ1n) is 6.24. The van der Waals surface area contributed by atoms with Gasteiger partial charge in [0.25, 0.3) is 0 Å². The molecule has 0 saturated carbocycles. The Morgan fingerprint density at radius 3 is 2.75 bits per heavy atom. The Hall–Kier alpha value is -2.80. The van der Waals surface area contributed by atoms with Crippen LogP contribution in [0.5, 0.6) is 0 Å². The zero-order valence-electron chi connectivity index (χ0n) is 11.2. The van der Waals surface area contributed by atoms with Crippen molar-refractivity contribution in [2.45, 2.75) is 13.3 Å². The van der Waals surface area contributed by atoms with Crippen LogP contribution in [0.15, 0.2) is 42.5 Å². The molecule has 0 saturated heterocycles. The molecule has 3 N–H and O–H groups in total. The molecule has 2 aromatic carbocycles. The van der Waals surface area contributed by atoms with E-state index in [0.29, 0.717) is 16.9 Å². The molecule has 4 nitrogen and oxygen atoms in total. The number of amides is 1. The molecule has 2 aromatic rings. The summed E-state index contributed by atoms with van der Waals surface area (Å²) >= 11 is 0. The first-order valence-corrected chi connectivity index (χ1v) is 6.24. The summed E-state index contributed by atoms with van der Waals surface area (Å²) in [6.07, 6.45) is 0.280. The highest BCUT2D eigenvalue weighted by atomic mass is 16.1. The van der Waals surface area contributed by atoms with Crippen molar-refractivity contribution in [2.24, 2.45) is 0 Å². The van der Waals surface area contributed by atoms with Gasteiger partial charge in [-0.2, -0.15) is 5.26 Å². The van der Waals surface area contributed by atoms with Crippen LogP contribution in [0.3, 0.4) is 0 Å². The minimum atomic E-state index is -0.152. The van der Waals surface area contributed by atoms with E-state index in [1.807, 2.05) is 37.3 Å². The van der Waals surface area contributed by atoms with Gasteiger partial charge in [0.2, 0.25) is 5.91 Å². The van der Waals surface area contributed by atoms with E-state index >= 15 is 0 Å². The minimum Gasteiger partial charge on any atom is -0.399 e. The topological polar surface area (TPSA) is 78.9 Å². The summed E-state index contributed by atoms with van der Waals surface area (Å²) in [6, 6.07) is 14.6. The molecule has 0 aromatic heterocycles. The molecule has 0 bridgehead atoms. The van der Waals surface area contributed by atoms with Crippen LogP contribution < -0.4 is 11.1 Å². The lowest BCUT2D eigenvalue weighted by atomic mass is 10.1. The fourth-order valence-electron chi connectivity index (χ4n) is 1.94. The number of benzene rings is 2. The molecule has 0 aliphatic heterocycles. The van der Waals surface area contributed by atoms with Crippen LogP contribution in [0.25, 0.3) is 0 Å². The molecular weight excluding hydrogens is 250 g/mol. The van der Waals surface area contributed by atoms with Crippen LogP contribution >= 0.6 is 0 Å². The molecule has 0 aliphatic carbocycles. The van der Waals surface area contributed by atoms with Gasteiger partial charge in [0.1, 0.15) is 6.07 Å². The fourth-order valence-corrected chi connectivity index (χ4v) is 1.94. The van der Waals surface area contributed by atoms with E-state index in [4.69, 9.17) is 11.0 Å². The second-order valence-electron chi connectivity index (χ2n) is 4.57. The van der Waals surface area contributed by atoms with Gasteiger partial charge in [0, 0.05) is 5.69 Å². The highest BCUT2D eigenvalue weighted by molar-refractivity contribution is 5.94. The number of nitrogens with two attached hydrogens (primary N) is 1. The largest absolute Gasteiger partial charge is 0.399 e. The Bertz CT molecular complexity index is 686. The van der Waals surface area contributed by atoms with Crippen molar-refractivity contribution in [1.29, 1.82) is 5.26 Å². The van der Waals surface area contributed by atoms with Crippen LogP contribution in [0.2, 0.25) is 0 Å². The molecule has 0 aliphatic rings. The van der Waals surface area contributed by atoms with Gasteiger partial charge in [-0.05, 0) is 36.2 Å². The number of nitriles is 1. The van der Waals surface area contributed by atoms with Gasteiger partial charge in [0.05, 0.1) is 17.7 Å². The van der Waals surface area contributed by atoms with E-state index in [9.17, 15) is 4.79 Å². The number of anilines is 2. The van der Waals surface area contributed by atoms with E-state index in [-0.39, 0.29) is 12.3 Å². The predicted octanol–water partition coefficient (Wildman–Crippen LogP) is 2.63. The van der Waals surface area contributed by atoms with Gasteiger partial charge in [-0.3, -0.25) is 4.79 Å². The molecular formula is C16H15N3O. The number of hydrogen-bond acceptors (Lipinski definition) is 3. The Balaban J connectivity index is 2.13. The Morgan fingerprint density at radius 2 is 2.05 bits per heavy atom. The quantitative estimate of drug-likeness (QED) is 0.837. The Labute approximate surface area is 117 Å². The monoisotopic (exact) mass is 265 g/mol. The van der Waals surface area contributed by atoms with Crippen molar-refractivity contribution in [3.05, 3.63) is 59.2 Å². The lowest BCUT2D eigenvalue weighted by molar-refractivity contribution is -0.115. The molecule has 0 radical (unpaired) electrons. The summed E-state index contributed by atoms with van der Waals surface area (Å²) in [5, 5.41) is 11.8. The van der Waals surface area contributed by atoms with Crippen LogP contribution in [0, 0.1) is 18.3 Å². The number of rotatable bonds is 3. The SMILES string of the molecule is Cc1ccccc1CC(=O)Nc1ccc(N)cc1C#N. The van der Waals surface area contributed by atoms with Crippen LogP contribution in [-0.2, 0) is 11.2 Å². The van der Waals surface area contributed by atoms with Crippen molar-refractivity contribution in [3.63, 3.8) is 0 Å². The zero-order chi connectivity index (χ0) is 14.5. The Morgan fingerprint density at radius 1 is 1.30 bits per heavy atom. The lowest BCUT2D eigenvalue weighted by Crippen LogP contribution is -2.15. The third-order valence-corrected chi connectivity index (χ3v) is 3.05. The van der Waals surface area contributed by atoms with Crippen molar-refractivity contribution >= 4 is 17.3 Å². The van der Waals surface area contributed by atoms with E-state index < -0.39 is 0 Å². The summed E-state index contributed by atoms with van der Waals surface area (Å²) in [6.45, 7) is 1.96. The van der Waals surface area contributed by atoms with E-state index in [1.165, 1.54) is 0 Å². The number of aryl methyl sites for hydroxylation is 1. The molecule has 0 unspecified atom stereocenters. The normalized spacial score (nSPS) is 9.80. The smallest absolute Gasteiger partial charge is 0.228 e. The molecule has 20 heavy (non-hydrogen) atoms. The van der Waals surface area contributed by atoms with Crippen molar-refractivity contribution < 1.29 is 4.79 Å². The number of carbonyl (C=O) groups is 1.